The summed E-state index contributed by atoms with van der Waals surface area (Å²) < 4.78 is 5.25. The van der Waals surface area contributed by atoms with Gasteiger partial charge in [-0.2, -0.15) is 0 Å². The van der Waals surface area contributed by atoms with E-state index in [0.717, 1.165) is 18.0 Å². The van der Waals surface area contributed by atoms with Gasteiger partial charge >= 0.3 is 5.97 Å². The fourth-order valence-corrected chi connectivity index (χ4v) is 3.72. The molecule has 1 saturated heterocycles. The highest BCUT2D eigenvalue weighted by atomic mass is 32.1. The molecule has 0 spiro atoms. The maximum absolute atomic E-state index is 12.3. The van der Waals surface area contributed by atoms with Crippen LogP contribution in [0.25, 0.3) is 0 Å². The Balaban J connectivity index is 1.54. The van der Waals surface area contributed by atoms with E-state index in [2.05, 4.69) is 10.2 Å². The number of piperidine rings is 1. The number of rotatable bonds is 5. The summed E-state index contributed by atoms with van der Waals surface area (Å²) in [6.45, 7) is 5.67. The van der Waals surface area contributed by atoms with E-state index in [4.69, 9.17) is 4.74 Å². The second-order valence-corrected chi connectivity index (χ2v) is 7.83. The van der Waals surface area contributed by atoms with Crippen molar-refractivity contribution in [2.24, 2.45) is 0 Å². The normalized spacial score (nSPS) is 15.4. The number of thiophene rings is 1. The third-order valence-electron chi connectivity index (χ3n) is 4.45. The Kier molecular flexibility index (Phi) is 5.93. The number of amides is 1. The molecule has 0 saturated carbocycles. The molecule has 6 heteroatoms. The van der Waals surface area contributed by atoms with Crippen LogP contribution in [0, 0.1) is 6.92 Å². The Morgan fingerprint density at radius 1 is 1.08 bits per heavy atom. The topological polar surface area (TPSA) is 58.6 Å². The molecule has 26 heavy (non-hydrogen) atoms. The maximum atomic E-state index is 12.3. The minimum absolute atomic E-state index is 0.336. The number of carbonyl (C=O) groups is 2. The third kappa shape index (κ3) is 4.64. The predicted octanol–water partition coefficient (Wildman–Crippen LogP) is 4.23. The minimum atomic E-state index is -0.855. The van der Waals surface area contributed by atoms with Crippen LogP contribution in [-0.4, -0.2) is 31.1 Å². The van der Waals surface area contributed by atoms with E-state index in [0.29, 0.717) is 10.6 Å². The molecule has 1 N–H and O–H groups in total. The fraction of sp³-hybridized carbons (Fsp3) is 0.400. The molecule has 1 unspecified atom stereocenters. The first-order valence-corrected chi connectivity index (χ1v) is 9.78. The van der Waals surface area contributed by atoms with E-state index in [1.807, 2.05) is 37.3 Å². The molecular weight excluding hydrogens is 348 g/mol. The van der Waals surface area contributed by atoms with E-state index in [-0.39, 0.29) is 5.91 Å². The minimum Gasteiger partial charge on any atom is -0.448 e. The predicted molar refractivity (Wildman–Crippen MR) is 105 cm³/mol. The number of nitrogens with zero attached hydrogens (tertiary/aromatic N) is 1. The second-order valence-electron chi connectivity index (χ2n) is 6.54. The lowest BCUT2D eigenvalue weighted by atomic mass is 10.1. The van der Waals surface area contributed by atoms with Gasteiger partial charge in [-0.05, 0) is 69.5 Å². The van der Waals surface area contributed by atoms with Gasteiger partial charge in [0.05, 0.1) is 0 Å². The number of hydrogen-bond acceptors (Lipinski definition) is 5. The first-order chi connectivity index (χ1) is 12.5. The fourth-order valence-electron chi connectivity index (χ4n) is 2.97. The van der Waals surface area contributed by atoms with Crippen LogP contribution in [0.2, 0.25) is 0 Å². The van der Waals surface area contributed by atoms with Gasteiger partial charge in [-0.15, -0.1) is 11.3 Å². The number of ether oxygens (including phenoxy) is 1. The quantitative estimate of drug-likeness (QED) is 0.798. The van der Waals surface area contributed by atoms with E-state index < -0.39 is 12.1 Å². The van der Waals surface area contributed by atoms with Gasteiger partial charge in [0, 0.05) is 29.3 Å². The molecule has 2 aromatic rings. The van der Waals surface area contributed by atoms with Gasteiger partial charge in [-0.1, -0.05) is 0 Å². The molecule has 5 nitrogen and oxygen atoms in total. The zero-order valence-electron chi connectivity index (χ0n) is 15.2. The SMILES string of the molecule is Cc1ccc(C(=O)OC(C)C(=O)Nc2ccc(N3CCCCC3)cc2)s1. The molecule has 3 rings (SSSR count). The Hall–Kier alpha value is -2.34. The van der Waals surface area contributed by atoms with Crippen LogP contribution >= 0.6 is 11.3 Å². The van der Waals surface area contributed by atoms with Gasteiger partial charge < -0.3 is 15.0 Å². The van der Waals surface area contributed by atoms with Crippen molar-refractivity contribution >= 4 is 34.6 Å². The summed E-state index contributed by atoms with van der Waals surface area (Å²) in [6, 6.07) is 11.4. The Bertz CT molecular complexity index is 764. The molecule has 1 amide bonds. The average Bonchev–Trinajstić information content (AvgIpc) is 3.09. The van der Waals surface area contributed by atoms with E-state index in [1.54, 1.807) is 13.0 Å². The van der Waals surface area contributed by atoms with Crippen LogP contribution in [0.3, 0.4) is 0 Å². The number of hydrogen-bond donors (Lipinski definition) is 1. The summed E-state index contributed by atoms with van der Waals surface area (Å²) in [5.74, 6) is -0.802. The van der Waals surface area contributed by atoms with Crippen molar-refractivity contribution in [1.82, 2.24) is 0 Å². The van der Waals surface area contributed by atoms with Gasteiger partial charge in [0.25, 0.3) is 5.91 Å². The van der Waals surface area contributed by atoms with Crippen molar-refractivity contribution < 1.29 is 14.3 Å². The molecule has 138 valence electrons. The summed E-state index contributed by atoms with van der Waals surface area (Å²) in [5, 5.41) is 2.80. The molecule has 1 aliphatic rings. The Morgan fingerprint density at radius 3 is 2.38 bits per heavy atom. The maximum Gasteiger partial charge on any atom is 0.349 e. The molecular formula is C20H24N2O3S. The lowest BCUT2D eigenvalue weighted by Gasteiger charge is -2.28. The number of carbonyl (C=O) groups excluding carboxylic acids is 2. The monoisotopic (exact) mass is 372 g/mol. The molecule has 2 heterocycles. The zero-order chi connectivity index (χ0) is 18.5. The largest absolute Gasteiger partial charge is 0.448 e. The number of nitrogens with one attached hydrogen (secondary N) is 1. The summed E-state index contributed by atoms with van der Waals surface area (Å²) in [6.07, 6.45) is 2.90. The van der Waals surface area contributed by atoms with Gasteiger partial charge in [0.2, 0.25) is 0 Å². The molecule has 1 fully saturated rings. The third-order valence-corrected chi connectivity index (χ3v) is 5.43. The van der Waals surface area contributed by atoms with Crippen molar-refractivity contribution in [2.45, 2.75) is 39.2 Å². The smallest absolute Gasteiger partial charge is 0.349 e. The number of aryl methyl sites for hydroxylation is 1. The van der Waals surface area contributed by atoms with Crippen molar-refractivity contribution in [1.29, 1.82) is 0 Å². The van der Waals surface area contributed by atoms with Crippen LogP contribution < -0.4 is 10.2 Å². The highest BCUT2D eigenvalue weighted by molar-refractivity contribution is 7.13. The first-order valence-electron chi connectivity index (χ1n) is 8.96. The molecule has 1 aromatic heterocycles. The van der Waals surface area contributed by atoms with Crippen LogP contribution in [0.15, 0.2) is 36.4 Å². The number of anilines is 2. The van der Waals surface area contributed by atoms with Crippen LogP contribution in [0.1, 0.15) is 40.7 Å². The second kappa shape index (κ2) is 8.36. The lowest BCUT2D eigenvalue weighted by Crippen LogP contribution is -2.30. The van der Waals surface area contributed by atoms with E-state index in [9.17, 15) is 9.59 Å². The number of benzene rings is 1. The van der Waals surface area contributed by atoms with Crippen molar-refractivity contribution in [3.8, 4) is 0 Å². The molecule has 0 aliphatic carbocycles. The van der Waals surface area contributed by atoms with Crippen LogP contribution in [0.4, 0.5) is 11.4 Å². The van der Waals surface area contributed by atoms with Gasteiger partial charge in [0.1, 0.15) is 4.88 Å². The van der Waals surface area contributed by atoms with Crippen molar-refractivity contribution in [3.05, 3.63) is 46.2 Å². The van der Waals surface area contributed by atoms with Gasteiger partial charge in [0.15, 0.2) is 6.10 Å². The van der Waals surface area contributed by atoms with Gasteiger partial charge in [-0.25, -0.2) is 4.79 Å². The summed E-state index contributed by atoms with van der Waals surface area (Å²) in [5.41, 5.74) is 1.88. The average molecular weight is 372 g/mol. The Labute approximate surface area is 158 Å². The molecule has 1 atom stereocenters. The first kappa shape index (κ1) is 18.5. The molecule has 1 aliphatic heterocycles. The molecule has 1 aromatic carbocycles. The molecule has 0 bridgehead atoms. The van der Waals surface area contributed by atoms with Gasteiger partial charge in [-0.3, -0.25) is 4.79 Å². The highest BCUT2D eigenvalue weighted by Crippen LogP contribution is 2.22. The molecule has 0 radical (unpaired) electrons. The lowest BCUT2D eigenvalue weighted by molar-refractivity contribution is -0.123. The van der Waals surface area contributed by atoms with Crippen molar-refractivity contribution in [2.75, 3.05) is 23.3 Å². The highest BCUT2D eigenvalue weighted by Gasteiger charge is 2.20. The summed E-state index contributed by atoms with van der Waals surface area (Å²) in [7, 11) is 0. The number of esters is 1. The summed E-state index contributed by atoms with van der Waals surface area (Å²) >= 11 is 1.36. The van der Waals surface area contributed by atoms with Crippen LogP contribution in [0.5, 0.6) is 0 Å². The van der Waals surface area contributed by atoms with Crippen LogP contribution in [-0.2, 0) is 9.53 Å². The van der Waals surface area contributed by atoms with Crippen molar-refractivity contribution in [3.63, 3.8) is 0 Å². The zero-order valence-corrected chi connectivity index (χ0v) is 16.0. The van der Waals surface area contributed by atoms with E-state index in [1.165, 1.54) is 36.3 Å². The Morgan fingerprint density at radius 2 is 1.77 bits per heavy atom. The summed E-state index contributed by atoms with van der Waals surface area (Å²) in [4.78, 5) is 28.2. The standard InChI is InChI=1S/C20H24N2O3S/c1-14-6-11-18(26-14)20(24)25-15(2)19(23)21-16-7-9-17(10-8-16)22-12-4-3-5-13-22/h6-11,15H,3-5,12-13H2,1-2H3,(H,21,23). The van der Waals surface area contributed by atoms with E-state index >= 15 is 0 Å².